The van der Waals surface area contributed by atoms with E-state index in [-0.39, 0.29) is 17.6 Å². The number of hydrogen-bond donors (Lipinski definition) is 2. The third-order valence-electron chi connectivity index (χ3n) is 4.82. The van der Waals surface area contributed by atoms with E-state index in [1.54, 1.807) is 0 Å². The lowest BCUT2D eigenvalue weighted by Crippen LogP contribution is -2.47. The van der Waals surface area contributed by atoms with Crippen molar-refractivity contribution in [1.29, 1.82) is 0 Å². The summed E-state index contributed by atoms with van der Waals surface area (Å²) in [6.07, 6.45) is 3.37. The third kappa shape index (κ3) is 3.47. The molecule has 2 N–H and O–H groups in total. The number of aromatic nitrogens is 2. The van der Waals surface area contributed by atoms with Crippen molar-refractivity contribution in [3.63, 3.8) is 0 Å². The molecule has 0 radical (unpaired) electrons. The van der Waals surface area contributed by atoms with Crippen molar-refractivity contribution in [2.45, 2.75) is 64.1 Å². The van der Waals surface area contributed by atoms with E-state index in [1.165, 1.54) is 0 Å². The van der Waals surface area contributed by atoms with Gasteiger partial charge in [-0.3, -0.25) is 4.79 Å². The minimum atomic E-state index is -0.696. The molecule has 0 aromatic carbocycles. The Morgan fingerprint density at radius 3 is 2.87 bits per heavy atom. The van der Waals surface area contributed by atoms with Gasteiger partial charge in [0.2, 0.25) is 0 Å². The quantitative estimate of drug-likeness (QED) is 0.868. The molecule has 6 nitrogen and oxygen atoms in total. The number of anilines is 1. The normalized spacial score (nSPS) is 29.7. The summed E-state index contributed by atoms with van der Waals surface area (Å²) in [5.74, 6) is 1.06. The van der Waals surface area contributed by atoms with Gasteiger partial charge in [0.25, 0.3) is 0 Å². The van der Waals surface area contributed by atoms with Gasteiger partial charge < -0.3 is 15.2 Å². The van der Waals surface area contributed by atoms with Gasteiger partial charge in [-0.05, 0) is 32.6 Å². The van der Waals surface area contributed by atoms with Gasteiger partial charge >= 0.3 is 5.97 Å². The highest BCUT2D eigenvalue weighted by Crippen LogP contribution is 2.49. The largest absolute Gasteiger partial charge is 0.481 e. The zero-order valence-corrected chi connectivity index (χ0v) is 14.0. The van der Waals surface area contributed by atoms with Crippen molar-refractivity contribution in [1.82, 2.24) is 9.97 Å². The molecule has 1 atom stereocenters. The van der Waals surface area contributed by atoms with Crippen molar-refractivity contribution in [3.8, 4) is 0 Å². The highest BCUT2D eigenvalue weighted by atomic mass is 16.5. The Hall–Kier alpha value is -1.69. The SMILES string of the molecule is Cc1cc(NCC2CCC3(CC(C(=O)O)C3)O2)nc(C(C)C)n1. The molecule has 1 aromatic rings. The van der Waals surface area contributed by atoms with Crippen LogP contribution in [0.3, 0.4) is 0 Å². The van der Waals surface area contributed by atoms with E-state index in [1.807, 2.05) is 13.0 Å². The Balaban J connectivity index is 1.53. The fraction of sp³-hybridized carbons (Fsp3) is 0.706. The zero-order valence-electron chi connectivity index (χ0n) is 14.0. The fourth-order valence-electron chi connectivity index (χ4n) is 3.51. The summed E-state index contributed by atoms with van der Waals surface area (Å²) < 4.78 is 6.13. The lowest BCUT2D eigenvalue weighted by atomic mass is 9.69. The molecule has 1 saturated carbocycles. The minimum Gasteiger partial charge on any atom is -0.481 e. The van der Waals surface area contributed by atoms with Gasteiger partial charge in [0.15, 0.2) is 0 Å². The molecule has 3 rings (SSSR count). The van der Waals surface area contributed by atoms with Crippen LogP contribution in [0.4, 0.5) is 5.82 Å². The molecule has 1 aromatic heterocycles. The molecule has 2 fully saturated rings. The molecular weight excluding hydrogens is 294 g/mol. The van der Waals surface area contributed by atoms with Gasteiger partial charge in [0.05, 0.1) is 17.6 Å². The number of hydrogen-bond acceptors (Lipinski definition) is 5. The highest BCUT2D eigenvalue weighted by molar-refractivity contribution is 5.71. The first kappa shape index (κ1) is 16.2. The second-order valence-corrected chi connectivity index (χ2v) is 7.19. The molecule has 2 aliphatic rings. The lowest BCUT2D eigenvalue weighted by Gasteiger charge is -2.42. The smallest absolute Gasteiger partial charge is 0.306 e. The van der Waals surface area contributed by atoms with Gasteiger partial charge in [-0.1, -0.05) is 13.8 Å². The first-order valence-electron chi connectivity index (χ1n) is 8.37. The monoisotopic (exact) mass is 319 g/mol. The first-order chi connectivity index (χ1) is 10.9. The second kappa shape index (κ2) is 6.07. The van der Waals surface area contributed by atoms with Crippen LogP contribution in [0, 0.1) is 12.8 Å². The van der Waals surface area contributed by atoms with E-state index in [0.29, 0.717) is 25.3 Å². The summed E-state index contributed by atoms with van der Waals surface area (Å²) in [6, 6.07) is 1.94. The molecule has 1 unspecified atom stereocenters. The molecule has 0 amide bonds. The van der Waals surface area contributed by atoms with Crippen LogP contribution < -0.4 is 5.32 Å². The number of carboxylic acid groups (broad SMARTS) is 1. The van der Waals surface area contributed by atoms with Crippen molar-refractivity contribution in [2.75, 3.05) is 11.9 Å². The molecule has 1 aliphatic carbocycles. The van der Waals surface area contributed by atoms with Gasteiger partial charge in [-0.25, -0.2) is 9.97 Å². The fourth-order valence-corrected chi connectivity index (χ4v) is 3.51. The van der Waals surface area contributed by atoms with Crippen molar-refractivity contribution < 1.29 is 14.6 Å². The van der Waals surface area contributed by atoms with Crippen LogP contribution in [0.25, 0.3) is 0 Å². The number of aryl methyl sites for hydroxylation is 1. The Morgan fingerprint density at radius 2 is 2.22 bits per heavy atom. The number of aliphatic carboxylic acids is 1. The number of nitrogens with zero attached hydrogens (tertiary/aromatic N) is 2. The summed E-state index contributed by atoms with van der Waals surface area (Å²) in [5, 5.41) is 12.4. The molecule has 6 heteroatoms. The molecule has 126 valence electrons. The minimum absolute atomic E-state index is 0.127. The average molecular weight is 319 g/mol. The van der Waals surface area contributed by atoms with Gasteiger partial charge in [-0.15, -0.1) is 0 Å². The number of carbonyl (C=O) groups is 1. The Labute approximate surface area is 136 Å². The van der Waals surface area contributed by atoms with Gasteiger partial charge in [0.1, 0.15) is 11.6 Å². The first-order valence-corrected chi connectivity index (χ1v) is 8.37. The maximum Gasteiger partial charge on any atom is 0.306 e. The lowest BCUT2D eigenvalue weighted by molar-refractivity contribution is -0.164. The zero-order chi connectivity index (χ0) is 16.6. The maximum atomic E-state index is 11.0. The average Bonchev–Trinajstić information content (AvgIpc) is 2.87. The van der Waals surface area contributed by atoms with Crippen LogP contribution in [-0.2, 0) is 9.53 Å². The van der Waals surface area contributed by atoms with E-state index >= 15 is 0 Å². The van der Waals surface area contributed by atoms with Crippen LogP contribution >= 0.6 is 0 Å². The van der Waals surface area contributed by atoms with Crippen molar-refractivity contribution in [3.05, 3.63) is 17.6 Å². The Kier molecular flexibility index (Phi) is 4.27. The van der Waals surface area contributed by atoms with E-state index < -0.39 is 5.97 Å². The summed E-state index contributed by atoms with van der Waals surface area (Å²) >= 11 is 0. The second-order valence-electron chi connectivity index (χ2n) is 7.19. The summed E-state index contributed by atoms with van der Waals surface area (Å²) in [7, 11) is 0. The van der Waals surface area contributed by atoms with Crippen LogP contribution in [-0.4, -0.2) is 39.3 Å². The van der Waals surface area contributed by atoms with Gasteiger partial charge in [0, 0.05) is 24.2 Å². The predicted octanol–water partition coefficient (Wildman–Crippen LogP) is 2.73. The predicted molar refractivity (Wildman–Crippen MR) is 86.5 cm³/mol. The molecule has 1 spiro atoms. The molecule has 1 saturated heterocycles. The van der Waals surface area contributed by atoms with Crippen LogP contribution in [0.2, 0.25) is 0 Å². The van der Waals surface area contributed by atoms with E-state index in [0.717, 1.165) is 30.2 Å². The molecule has 0 bridgehead atoms. The van der Waals surface area contributed by atoms with Crippen molar-refractivity contribution in [2.24, 2.45) is 5.92 Å². The summed E-state index contributed by atoms with van der Waals surface area (Å²) in [6.45, 7) is 6.84. The Bertz CT molecular complexity index is 597. The standard InChI is InChI=1S/C17H25N3O3/c1-10(2)15-19-11(3)6-14(20-15)18-9-13-4-5-17(23-13)7-12(8-17)16(21)22/h6,10,12-13H,4-5,7-9H2,1-3H3,(H,21,22)(H,18,19,20). The molecule has 1 aliphatic heterocycles. The molecular formula is C17H25N3O3. The molecule has 2 heterocycles. The third-order valence-corrected chi connectivity index (χ3v) is 4.82. The van der Waals surface area contributed by atoms with Gasteiger partial charge in [-0.2, -0.15) is 0 Å². The topological polar surface area (TPSA) is 84.3 Å². The number of rotatable bonds is 5. The molecule has 23 heavy (non-hydrogen) atoms. The maximum absolute atomic E-state index is 11.0. The number of nitrogens with one attached hydrogen (secondary N) is 1. The van der Waals surface area contributed by atoms with Crippen LogP contribution in [0.5, 0.6) is 0 Å². The Morgan fingerprint density at radius 1 is 1.48 bits per heavy atom. The number of ether oxygens (including phenoxy) is 1. The summed E-state index contributed by atoms with van der Waals surface area (Å²) in [4.78, 5) is 19.9. The van der Waals surface area contributed by atoms with Crippen LogP contribution in [0.15, 0.2) is 6.07 Å². The van der Waals surface area contributed by atoms with Crippen LogP contribution in [0.1, 0.15) is 57.0 Å². The van der Waals surface area contributed by atoms with Crippen molar-refractivity contribution >= 4 is 11.8 Å². The number of carboxylic acids is 1. The van der Waals surface area contributed by atoms with E-state index in [9.17, 15) is 4.79 Å². The highest BCUT2D eigenvalue weighted by Gasteiger charge is 2.52. The van der Waals surface area contributed by atoms with E-state index in [4.69, 9.17) is 9.84 Å². The van der Waals surface area contributed by atoms with E-state index in [2.05, 4.69) is 29.1 Å². The summed E-state index contributed by atoms with van der Waals surface area (Å²) in [5.41, 5.74) is 0.776.